The van der Waals surface area contributed by atoms with E-state index >= 15 is 0 Å². The number of rotatable bonds is 6. The number of carbonyl (C=O) groups excluding carboxylic acids is 1. The normalized spacial score (nSPS) is 21.5. The molecule has 1 aliphatic heterocycles. The number of benzene rings is 2. The summed E-state index contributed by atoms with van der Waals surface area (Å²) in [7, 11) is -2.78. The fourth-order valence-electron chi connectivity index (χ4n) is 5.06. The number of hydrogen-bond donors (Lipinski definition) is 1. The SMILES string of the molecule is CC[C@H]1CN(C(=O)OC(C)(C)C)[C@H](CO[Si](c2ccccc2)(c2ccccc2)C(C)(C)C)[C@H]1O. The van der Waals surface area contributed by atoms with E-state index in [4.69, 9.17) is 9.16 Å². The van der Waals surface area contributed by atoms with Crippen molar-refractivity contribution in [3.8, 4) is 0 Å². The standard InChI is InChI=1S/C28H41NO4Si/c1-8-21-19-29(26(31)33-27(2,3)4)24(25(21)30)20-32-34(28(5,6)7,22-15-11-9-12-16-22)23-17-13-10-14-18-23/h9-18,21,24-25,30H,8,19-20H2,1-7H3/t21-,24+,25-/m0/s1. The summed E-state index contributed by atoms with van der Waals surface area (Å²) in [4.78, 5) is 14.8. The van der Waals surface area contributed by atoms with Crippen LogP contribution >= 0.6 is 0 Å². The van der Waals surface area contributed by atoms with Crippen LogP contribution < -0.4 is 10.4 Å². The van der Waals surface area contributed by atoms with Gasteiger partial charge < -0.3 is 14.3 Å². The third-order valence-corrected chi connectivity index (χ3v) is 11.8. The first-order valence-corrected chi connectivity index (χ1v) is 14.2. The van der Waals surface area contributed by atoms with Gasteiger partial charge in [0.1, 0.15) is 5.60 Å². The van der Waals surface area contributed by atoms with Crippen LogP contribution in [-0.4, -0.2) is 55.3 Å². The van der Waals surface area contributed by atoms with Crippen LogP contribution in [0.5, 0.6) is 0 Å². The quantitative estimate of drug-likeness (QED) is 0.612. The molecule has 0 saturated carbocycles. The minimum Gasteiger partial charge on any atom is -0.444 e. The summed E-state index contributed by atoms with van der Waals surface area (Å²) < 4.78 is 12.7. The summed E-state index contributed by atoms with van der Waals surface area (Å²) in [6.45, 7) is 15.0. The van der Waals surface area contributed by atoms with Gasteiger partial charge in [0, 0.05) is 12.5 Å². The van der Waals surface area contributed by atoms with Gasteiger partial charge in [-0.2, -0.15) is 0 Å². The lowest BCUT2D eigenvalue weighted by Gasteiger charge is -2.44. The van der Waals surface area contributed by atoms with E-state index in [2.05, 4.69) is 69.3 Å². The summed E-state index contributed by atoms with van der Waals surface area (Å²) in [5, 5.41) is 13.4. The molecule has 186 valence electrons. The van der Waals surface area contributed by atoms with Crippen LogP contribution in [0.15, 0.2) is 60.7 Å². The lowest BCUT2D eigenvalue weighted by Crippen LogP contribution is -2.67. The zero-order valence-electron chi connectivity index (χ0n) is 21.7. The van der Waals surface area contributed by atoms with Gasteiger partial charge in [-0.05, 0) is 42.6 Å². The Kier molecular flexibility index (Phi) is 7.95. The summed E-state index contributed by atoms with van der Waals surface area (Å²) in [6.07, 6.45) is -0.259. The molecule has 1 aliphatic rings. The topological polar surface area (TPSA) is 59.0 Å². The van der Waals surface area contributed by atoms with Crippen molar-refractivity contribution in [2.45, 2.75) is 77.7 Å². The van der Waals surface area contributed by atoms with Crippen LogP contribution in [0.25, 0.3) is 0 Å². The van der Waals surface area contributed by atoms with E-state index in [1.807, 2.05) is 39.8 Å². The molecule has 3 atom stereocenters. The second-order valence-electron chi connectivity index (χ2n) is 11.3. The largest absolute Gasteiger partial charge is 0.444 e. The van der Waals surface area contributed by atoms with Gasteiger partial charge in [0.25, 0.3) is 8.32 Å². The smallest absolute Gasteiger partial charge is 0.410 e. The van der Waals surface area contributed by atoms with Gasteiger partial charge in [-0.3, -0.25) is 4.90 Å². The third kappa shape index (κ3) is 5.40. The maximum Gasteiger partial charge on any atom is 0.410 e. The minimum atomic E-state index is -2.78. The molecule has 1 saturated heterocycles. The average molecular weight is 484 g/mol. The number of amides is 1. The van der Waals surface area contributed by atoms with E-state index in [1.165, 1.54) is 10.4 Å². The Hall–Kier alpha value is -2.15. The van der Waals surface area contributed by atoms with Crippen molar-refractivity contribution in [1.82, 2.24) is 4.90 Å². The highest BCUT2D eigenvalue weighted by atomic mass is 28.4. The number of likely N-dealkylation sites (tertiary alicyclic amines) is 1. The van der Waals surface area contributed by atoms with Gasteiger partial charge in [-0.1, -0.05) is 88.4 Å². The van der Waals surface area contributed by atoms with Gasteiger partial charge in [0.15, 0.2) is 0 Å². The predicted octanol–water partition coefficient (Wildman–Crippen LogP) is 4.57. The summed E-state index contributed by atoms with van der Waals surface area (Å²) in [5.41, 5.74) is -0.601. The Bertz CT molecular complexity index is 897. The van der Waals surface area contributed by atoms with E-state index in [-0.39, 0.29) is 17.6 Å². The van der Waals surface area contributed by atoms with Crippen LogP contribution in [0.1, 0.15) is 54.9 Å². The lowest BCUT2D eigenvalue weighted by molar-refractivity contribution is 0.00714. The zero-order chi connectivity index (χ0) is 25.1. The van der Waals surface area contributed by atoms with Crippen LogP contribution in [0, 0.1) is 5.92 Å². The molecular weight excluding hydrogens is 442 g/mol. The van der Waals surface area contributed by atoms with Crippen molar-refractivity contribution in [2.24, 2.45) is 5.92 Å². The number of hydrogen-bond acceptors (Lipinski definition) is 4. The third-order valence-electron chi connectivity index (χ3n) is 6.75. The summed E-state index contributed by atoms with van der Waals surface area (Å²) in [5.74, 6) is 0.000252. The molecule has 3 rings (SSSR count). The van der Waals surface area contributed by atoms with Crippen molar-refractivity contribution in [1.29, 1.82) is 0 Å². The van der Waals surface area contributed by atoms with Gasteiger partial charge in [-0.15, -0.1) is 0 Å². The predicted molar refractivity (Wildman–Crippen MR) is 140 cm³/mol. The van der Waals surface area contributed by atoms with Crippen LogP contribution in [0.3, 0.4) is 0 Å². The number of ether oxygens (including phenoxy) is 1. The van der Waals surface area contributed by atoms with E-state index in [0.717, 1.165) is 6.42 Å². The summed E-state index contributed by atoms with van der Waals surface area (Å²) >= 11 is 0. The first-order chi connectivity index (χ1) is 15.9. The van der Waals surface area contributed by atoms with Crippen molar-refractivity contribution >= 4 is 24.8 Å². The average Bonchev–Trinajstić information content (AvgIpc) is 3.09. The van der Waals surface area contributed by atoms with Crippen molar-refractivity contribution < 1.29 is 19.1 Å². The summed E-state index contributed by atoms with van der Waals surface area (Å²) in [6, 6.07) is 20.4. The molecule has 0 unspecified atom stereocenters. The second-order valence-corrected chi connectivity index (χ2v) is 15.6. The van der Waals surface area contributed by atoms with Gasteiger partial charge in [0.05, 0.1) is 18.8 Å². The fraction of sp³-hybridized carbons (Fsp3) is 0.536. The molecule has 6 heteroatoms. The highest BCUT2D eigenvalue weighted by molar-refractivity contribution is 6.99. The lowest BCUT2D eigenvalue weighted by atomic mass is 10.00. The van der Waals surface area contributed by atoms with E-state index in [9.17, 15) is 9.90 Å². The Morgan fingerprint density at radius 3 is 1.88 bits per heavy atom. The molecule has 0 aromatic heterocycles. The molecule has 1 N–H and O–H groups in total. The number of carbonyl (C=O) groups is 1. The Morgan fingerprint density at radius 1 is 0.971 bits per heavy atom. The highest BCUT2D eigenvalue weighted by Gasteiger charge is 2.52. The minimum absolute atomic E-state index is 0.000252. The van der Waals surface area contributed by atoms with Crippen LogP contribution in [0.4, 0.5) is 4.79 Å². The first kappa shape index (κ1) is 26.5. The first-order valence-electron chi connectivity index (χ1n) is 12.3. The van der Waals surface area contributed by atoms with Gasteiger partial charge in [-0.25, -0.2) is 4.79 Å². The Labute approximate surface area is 206 Å². The molecule has 5 nitrogen and oxygen atoms in total. The second kappa shape index (κ2) is 10.2. The Morgan fingerprint density at radius 2 is 1.47 bits per heavy atom. The molecule has 2 aromatic rings. The molecule has 1 heterocycles. The van der Waals surface area contributed by atoms with E-state index in [1.54, 1.807) is 4.90 Å². The number of aliphatic hydroxyl groups excluding tert-OH is 1. The molecule has 0 spiro atoms. The molecule has 0 aliphatic carbocycles. The maximum atomic E-state index is 13.1. The molecular formula is C28H41NO4Si. The zero-order valence-corrected chi connectivity index (χ0v) is 22.7. The molecule has 1 amide bonds. The highest BCUT2D eigenvalue weighted by Crippen LogP contribution is 2.38. The van der Waals surface area contributed by atoms with Crippen LogP contribution in [0.2, 0.25) is 5.04 Å². The van der Waals surface area contributed by atoms with Crippen molar-refractivity contribution in [3.05, 3.63) is 60.7 Å². The molecule has 2 aromatic carbocycles. The van der Waals surface area contributed by atoms with Crippen molar-refractivity contribution in [3.63, 3.8) is 0 Å². The van der Waals surface area contributed by atoms with Gasteiger partial charge in [0.2, 0.25) is 0 Å². The Balaban J connectivity index is 2.02. The van der Waals surface area contributed by atoms with E-state index in [0.29, 0.717) is 6.54 Å². The fourth-order valence-corrected chi connectivity index (χ4v) is 9.63. The molecule has 34 heavy (non-hydrogen) atoms. The van der Waals surface area contributed by atoms with Gasteiger partial charge >= 0.3 is 6.09 Å². The van der Waals surface area contributed by atoms with Crippen molar-refractivity contribution in [2.75, 3.05) is 13.2 Å². The molecule has 1 fully saturated rings. The van der Waals surface area contributed by atoms with E-state index < -0.39 is 32.2 Å². The monoisotopic (exact) mass is 483 g/mol. The molecule has 0 radical (unpaired) electrons. The number of nitrogens with zero attached hydrogens (tertiary/aromatic N) is 1. The van der Waals surface area contributed by atoms with Crippen LogP contribution in [-0.2, 0) is 9.16 Å². The number of aliphatic hydroxyl groups is 1. The molecule has 0 bridgehead atoms. The maximum absolute atomic E-state index is 13.1.